The number of ether oxygens (including phenoxy) is 2. The van der Waals surface area contributed by atoms with Gasteiger partial charge in [0.05, 0.1) is 26.3 Å². The lowest BCUT2D eigenvalue weighted by molar-refractivity contribution is -0.139. The van der Waals surface area contributed by atoms with E-state index >= 15 is 0 Å². The van der Waals surface area contributed by atoms with Gasteiger partial charge in [-0.05, 0) is 41.2 Å². The van der Waals surface area contributed by atoms with E-state index in [0.717, 1.165) is 27.2 Å². The summed E-state index contributed by atoms with van der Waals surface area (Å²) in [5.74, 6) is -1.09. The third-order valence-corrected chi connectivity index (χ3v) is 7.22. The molecular weight excluding hydrogens is 566 g/mol. The normalized spacial score (nSPS) is 16.6. The zero-order chi connectivity index (χ0) is 31.5. The Labute approximate surface area is 254 Å². The highest BCUT2D eigenvalue weighted by Crippen LogP contribution is 2.23. The van der Waals surface area contributed by atoms with Crippen molar-refractivity contribution in [2.24, 2.45) is 0 Å². The van der Waals surface area contributed by atoms with E-state index in [9.17, 15) is 24.3 Å². The van der Waals surface area contributed by atoms with Crippen LogP contribution in [0.5, 0.6) is 0 Å². The molecule has 1 aliphatic heterocycles. The van der Waals surface area contributed by atoms with Gasteiger partial charge in [0.25, 0.3) is 5.78 Å². The topological polar surface area (TPSA) is 171 Å². The zero-order valence-corrected chi connectivity index (χ0v) is 24.1. The van der Waals surface area contributed by atoms with Crippen molar-refractivity contribution in [3.8, 4) is 11.1 Å². The second-order valence-electron chi connectivity index (χ2n) is 10.2. The summed E-state index contributed by atoms with van der Waals surface area (Å²) in [4.78, 5) is 53.4. The molecule has 0 radical (unpaired) electrons. The first-order valence-electron chi connectivity index (χ1n) is 14.0. The highest BCUT2D eigenvalue weighted by atomic mass is 16.5. The molecule has 0 spiro atoms. The van der Waals surface area contributed by atoms with Crippen molar-refractivity contribution in [2.75, 3.05) is 25.5 Å². The van der Waals surface area contributed by atoms with Crippen molar-refractivity contribution in [3.63, 3.8) is 0 Å². The number of rotatable bonds is 11. The summed E-state index contributed by atoms with van der Waals surface area (Å²) < 4.78 is 10.6. The van der Waals surface area contributed by atoms with E-state index < -0.39 is 42.1 Å². The number of benzene rings is 3. The number of nitrogens with one attached hydrogen (secondary N) is 2. The summed E-state index contributed by atoms with van der Waals surface area (Å²) >= 11 is 0. The number of carboxylic acid groups (broad SMARTS) is 1. The van der Waals surface area contributed by atoms with Crippen molar-refractivity contribution in [3.05, 3.63) is 95.5 Å². The summed E-state index contributed by atoms with van der Waals surface area (Å²) in [7, 11) is 1.23. The van der Waals surface area contributed by atoms with Gasteiger partial charge in [-0.1, -0.05) is 72.8 Å². The molecule has 1 aliphatic rings. The first kappa shape index (κ1) is 31.6. The van der Waals surface area contributed by atoms with E-state index in [2.05, 4.69) is 15.4 Å². The van der Waals surface area contributed by atoms with Crippen molar-refractivity contribution < 1.29 is 38.5 Å². The fraction of sp³-hybridized carbons (Fsp3) is 0.281. The Morgan fingerprint density at radius 2 is 1.77 bits per heavy atom. The first-order chi connectivity index (χ1) is 21.3. The van der Waals surface area contributed by atoms with Gasteiger partial charge in [-0.15, -0.1) is 0 Å². The Morgan fingerprint density at radius 3 is 2.50 bits per heavy atom. The summed E-state index contributed by atoms with van der Waals surface area (Å²) in [5.41, 5.74) is 12.8. The molecule has 12 nitrogen and oxygen atoms in total. The predicted octanol–water partition coefficient (Wildman–Crippen LogP) is 3.81. The molecule has 4 rings (SSSR count). The number of hydrogen-bond donors (Lipinski definition) is 3. The highest BCUT2D eigenvalue weighted by Gasteiger charge is 2.35. The number of carbonyl (C=O) groups excluding carboxylic acids is 3. The van der Waals surface area contributed by atoms with Crippen molar-refractivity contribution in [1.82, 2.24) is 10.2 Å². The van der Waals surface area contributed by atoms with Crippen molar-refractivity contribution in [2.45, 2.75) is 37.5 Å². The lowest BCUT2D eigenvalue weighted by Gasteiger charge is -2.35. The zero-order valence-electron chi connectivity index (χ0n) is 24.1. The van der Waals surface area contributed by atoms with E-state index in [-0.39, 0.29) is 19.5 Å². The Balaban J connectivity index is 1.47. The molecule has 44 heavy (non-hydrogen) atoms. The largest absolute Gasteiger partial charge is 0.465 e. The van der Waals surface area contributed by atoms with E-state index in [4.69, 9.17) is 15.0 Å². The van der Waals surface area contributed by atoms with E-state index in [1.165, 1.54) is 7.11 Å². The van der Waals surface area contributed by atoms with Crippen LogP contribution in [0, 0.1) is 0 Å². The van der Waals surface area contributed by atoms with Gasteiger partial charge in [0.2, 0.25) is 5.91 Å². The van der Waals surface area contributed by atoms with Crippen LogP contribution < -0.4 is 10.6 Å². The summed E-state index contributed by atoms with van der Waals surface area (Å²) in [5, 5.41) is 15.1. The van der Waals surface area contributed by atoms with E-state index in [0.29, 0.717) is 24.7 Å². The Bertz CT molecular complexity index is 1540. The Morgan fingerprint density at radius 1 is 1.05 bits per heavy atom. The highest BCUT2D eigenvalue weighted by molar-refractivity contribution is 6.27. The monoisotopic (exact) mass is 599 g/mol. The second-order valence-corrected chi connectivity index (χ2v) is 10.2. The van der Waals surface area contributed by atoms with Gasteiger partial charge < -0.3 is 35.6 Å². The van der Waals surface area contributed by atoms with Gasteiger partial charge in [-0.3, -0.25) is 9.59 Å². The minimum absolute atomic E-state index is 0.0527. The number of para-hydroxylation sites is 1. The molecule has 12 heteroatoms. The summed E-state index contributed by atoms with van der Waals surface area (Å²) in [6.07, 6.45) is -2.03. The lowest BCUT2D eigenvalue weighted by Crippen LogP contribution is -2.52. The molecule has 0 aromatic heterocycles. The standard InChI is InChI=1S/C32H33N5O7/c1-43-31(40)36-27(17-21-8-7-12-24(16-21)22-9-3-2-4-10-22)30(39)35-26-13-6-5-11-23(26)14-15-25-19-37(32(41)42)20-29(44-25)28(38)18-34-33/h2-13,16,18,25,27,29H,14-15,17,19-20H2,1H3,(H,35,39)(H,36,40)(H,41,42)/t25-,27+,29+/m1/s1. The maximum absolute atomic E-state index is 13.5. The number of morpholine rings is 1. The fourth-order valence-electron chi connectivity index (χ4n) is 5.00. The molecule has 3 N–H and O–H groups in total. The minimum atomic E-state index is -1.19. The van der Waals surface area contributed by atoms with Crippen LogP contribution >= 0.6 is 0 Å². The number of hydrogen-bond acceptors (Lipinski definition) is 6. The van der Waals surface area contributed by atoms with Gasteiger partial charge in [0, 0.05) is 12.1 Å². The van der Waals surface area contributed by atoms with Gasteiger partial charge in [0.15, 0.2) is 0 Å². The molecule has 0 aliphatic carbocycles. The number of ketones is 1. The average molecular weight is 600 g/mol. The summed E-state index contributed by atoms with van der Waals surface area (Å²) in [6, 6.07) is 23.7. The molecule has 3 atom stereocenters. The maximum atomic E-state index is 13.5. The maximum Gasteiger partial charge on any atom is 0.407 e. The summed E-state index contributed by atoms with van der Waals surface area (Å²) in [6.45, 7) is -0.122. The quantitative estimate of drug-likeness (QED) is 0.171. The number of aryl methyl sites for hydroxylation is 1. The minimum Gasteiger partial charge on any atom is -0.465 e. The smallest absolute Gasteiger partial charge is 0.407 e. The molecule has 228 valence electrons. The molecule has 0 unspecified atom stereocenters. The third-order valence-electron chi connectivity index (χ3n) is 7.22. The number of Topliss-reactive ketones (excluding diaryl/α,β-unsaturated/α-hetero) is 1. The van der Waals surface area contributed by atoms with Crippen LogP contribution in [-0.4, -0.2) is 83.3 Å². The number of amides is 3. The number of alkyl carbamates (subject to hydrolysis) is 1. The molecule has 0 saturated carbocycles. The van der Waals surface area contributed by atoms with Gasteiger partial charge in [0.1, 0.15) is 12.1 Å². The van der Waals surface area contributed by atoms with Crippen LogP contribution in [0.2, 0.25) is 0 Å². The van der Waals surface area contributed by atoms with Gasteiger partial charge >= 0.3 is 18.4 Å². The number of nitrogens with zero attached hydrogens (tertiary/aromatic N) is 3. The third kappa shape index (κ3) is 8.60. The Kier molecular flexibility index (Phi) is 10.9. The lowest BCUT2D eigenvalue weighted by atomic mass is 9.99. The van der Waals surface area contributed by atoms with Crippen LogP contribution in [0.1, 0.15) is 17.5 Å². The van der Waals surface area contributed by atoms with Crippen LogP contribution in [0.4, 0.5) is 15.3 Å². The fourth-order valence-corrected chi connectivity index (χ4v) is 5.00. The molecule has 0 bridgehead atoms. The molecule has 1 saturated heterocycles. The Hall–Kier alpha value is -5.32. The number of anilines is 1. The van der Waals surface area contributed by atoms with Crippen LogP contribution in [0.3, 0.4) is 0 Å². The van der Waals surface area contributed by atoms with Crippen molar-refractivity contribution in [1.29, 1.82) is 0 Å². The molecule has 1 heterocycles. The number of methoxy groups -OCH3 is 1. The SMILES string of the molecule is COC(=O)N[C@@H](Cc1cccc(-c2ccccc2)c1)C(=O)Nc1ccccc1CC[C@@H]1CN(C(=O)O)C[C@@H](C(=O)C=[N+]=[N-])O1. The van der Waals surface area contributed by atoms with Crippen LogP contribution in [0.15, 0.2) is 78.9 Å². The van der Waals surface area contributed by atoms with E-state index in [1.54, 1.807) is 18.2 Å². The van der Waals surface area contributed by atoms with Crippen LogP contribution in [0.25, 0.3) is 16.7 Å². The second kappa shape index (κ2) is 15.2. The molecule has 3 amide bonds. The molecule has 3 aromatic rings. The molecule has 1 fully saturated rings. The predicted molar refractivity (Wildman–Crippen MR) is 161 cm³/mol. The van der Waals surface area contributed by atoms with E-state index in [1.807, 2.05) is 60.7 Å². The first-order valence-corrected chi connectivity index (χ1v) is 14.0. The molecule has 3 aromatic carbocycles. The average Bonchev–Trinajstić information content (AvgIpc) is 3.04. The van der Waals surface area contributed by atoms with Crippen molar-refractivity contribution >= 4 is 35.8 Å². The van der Waals surface area contributed by atoms with Gasteiger partial charge in [-0.2, -0.15) is 4.79 Å². The van der Waals surface area contributed by atoms with Gasteiger partial charge in [-0.25, -0.2) is 9.59 Å². The molecular formula is C32H33N5O7. The van der Waals surface area contributed by atoms with Crippen LogP contribution in [-0.2, 0) is 31.9 Å². The number of carbonyl (C=O) groups is 4.